The minimum absolute atomic E-state index is 0.0219. The lowest BCUT2D eigenvalue weighted by Gasteiger charge is -2.32. The fraction of sp³-hybridized carbons (Fsp3) is 0.500. The summed E-state index contributed by atoms with van der Waals surface area (Å²) in [4.78, 5) is 14.0. The smallest absolute Gasteiger partial charge is 0.274 e. The van der Waals surface area contributed by atoms with Crippen molar-refractivity contribution in [2.24, 2.45) is 11.1 Å². The number of rotatable bonds is 5. The van der Waals surface area contributed by atoms with Gasteiger partial charge in [-0.3, -0.25) is 4.79 Å². The fourth-order valence-corrected chi connectivity index (χ4v) is 3.07. The van der Waals surface area contributed by atoms with Crippen molar-refractivity contribution in [2.45, 2.75) is 19.3 Å². The van der Waals surface area contributed by atoms with Crippen molar-refractivity contribution < 1.29 is 22.0 Å². The number of hydrogen-bond donors (Lipinski definition) is 2. The summed E-state index contributed by atoms with van der Waals surface area (Å²) in [5.41, 5.74) is 0.213. The third-order valence-corrected chi connectivity index (χ3v) is 4.36. The molecule has 1 fully saturated rings. The number of piperidine rings is 1. The first-order valence-corrected chi connectivity index (χ1v) is 8.75. The number of likely N-dealkylation sites (tertiary alicyclic amines) is 1. The molecule has 23 heavy (non-hydrogen) atoms. The number of amides is 1. The van der Waals surface area contributed by atoms with Crippen molar-refractivity contribution >= 4 is 16.1 Å². The zero-order chi connectivity index (χ0) is 17.0. The first kappa shape index (κ1) is 17.8. The van der Waals surface area contributed by atoms with Gasteiger partial charge in [0, 0.05) is 30.8 Å². The number of nitrogens with zero attached hydrogens (tertiary/aromatic N) is 1. The number of alkyl halides is 2. The van der Waals surface area contributed by atoms with E-state index in [-0.39, 0.29) is 23.9 Å². The Morgan fingerprint density at radius 1 is 1.35 bits per heavy atom. The Balaban J connectivity index is 1.98. The van der Waals surface area contributed by atoms with Crippen LogP contribution in [0, 0.1) is 5.92 Å². The first-order valence-electron chi connectivity index (χ1n) is 7.21. The van der Waals surface area contributed by atoms with E-state index in [0.29, 0.717) is 18.7 Å². The van der Waals surface area contributed by atoms with Gasteiger partial charge in [0.1, 0.15) is 0 Å². The summed E-state index contributed by atoms with van der Waals surface area (Å²) in [5, 5.41) is 4.90. The van der Waals surface area contributed by atoms with E-state index in [4.69, 9.17) is 5.14 Å². The molecule has 0 spiro atoms. The molecule has 0 aromatic heterocycles. The van der Waals surface area contributed by atoms with Crippen molar-refractivity contribution in [1.29, 1.82) is 0 Å². The Hall–Kier alpha value is -1.58. The molecule has 0 radical (unpaired) electrons. The van der Waals surface area contributed by atoms with E-state index in [1.165, 1.54) is 24.3 Å². The van der Waals surface area contributed by atoms with E-state index < -0.39 is 16.6 Å². The molecule has 1 unspecified atom stereocenters. The number of benzene rings is 1. The van der Waals surface area contributed by atoms with Gasteiger partial charge in [0.25, 0.3) is 22.5 Å². The van der Waals surface area contributed by atoms with Gasteiger partial charge in [-0.2, -0.15) is 8.42 Å². The van der Waals surface area contributed by atoms with E-state index in [9.17, 15) is 22.0 Å². The zero-order valence-corrected chi connectivity index (χ0v) is 13.2. The van der Waals surface area contributed by atoms with E-state index in [2.05, 4.69) is 4.72 Å². The van der Waals surface area contributed by atoms with Crippen LogP contribution in [-0.4, -0.2) is 38.9 Å². The summed E-state index contributed by atoms with van der Waals surface area (Å²) in [6, 6.07) is 5.25. The van der Waals surface area contributed by atoms with E-state index in [1.807, 2.05) is 0 Å². The molecule has 1 aliphatic rings. The normalized spacial score (nSPS) is 19.1. The van der Waals surface area contributed by atoms with Crippen LogP contribution in [-0.2, 0) is 10.2 Å². The lowest BCUT2D eigenvalue weighted by atomic mass is 9.97. The van der Waals surface area contributed by atoms with Gasteiger partial charge < -0.3 is 4.90 Å². The summed E-state index contributed by atoms with van der Waals surface area (Å²) in [6.45, 7) is 1.13. The average molecular weight is 347 g/mol. The van der Waals surface area contributed by atoms with Crippen LogP contribution in [0.25, 0.3) is 0 Å². The molecule has 1 amide bonds. The van der Waals surface area contributed by atoms with Crippen molar-refractivity contribution in [1.82, 2.24) is 9.62 Å². The molecule has 0 aliphatic carbocycles. The number of nitrogens with one attached hydrogen (secondary N) is 1. The third-order valence-electron chi connectivity index (χ3n) is 3.79. The van der Waals surface area contributed by atoms with Gasteiger partial charge in [0.2, 0.25) is 0 Å². The van der Waals surface area contributed by atoms with Crippen LogP contribution in [0.15, 0.2) is 24.3 Å². The Morgan fingerprint density at radius 2 is 2.00 bits per heavy atom. The number of carbonyl (C=O) groups is 1. The molecule has 0 saturated carbocycles. The molecule has 1 saturated heterocycles. The van der Waals surface area contributed by atoms with Gasteiger partial charge in [-0.25, -0.2) is 18.6 Å². The number of halogens is 2. The molecular formula is C14H19F2N3O3S. The highest BCUT2D eigenvalue weighted by atomic mass is 32.2. The maximum atomic E-state index is 12.5. The largest absolute Gasteiger partial charge is 0.338 e. The van der Waals surface area contributed by atoms with Crippen LogP contribution in [0.4, 0.5) is 8.78 Å². The fourth-order valence-electron chi connectivity index (χ4n) is 2.60. The predicted octanol–water partition coefficient (Wildman–Crippen LogP) is 1.27. The minimum atomic E-state index is -3.75. The predicted molar refractivity (Wildman–Crippen MR) is 81.1 cm³/mol. The second-order valence-electron chi connectivity index (χ2n) is 5.58. The van der Waals surface area contributed by atoms with Gasteiger partial charge in [-0.05, 0) is 30.9 Å². The zero-order valence-electron chi connectivity index (χ0n) is 12.4. The van der Waals surface area contributed by atoms with Gasteiger partial charge >= 0.3 is 0 Å². The average Bonchev–Trinajstić information content (AvgIpc) is 2.52. The highest BCUT2D eigenvalue weighted by Crippen LogP contribution is 2.21. The summed E-state index contributed by atoms with van der Waals surface area (Å²) in [6.07, 6.45) is -1.03. The van der Waals surface area contributed by atoms with Gasteiger partial charge in [0.05, 0.1) is 0 Å². The molecule has 9 heteroatoms. The molecule has 2 rings (SSSR count). The summed E-state index contributed by atoms with van der Waals surface area (Å²) >= 11 is 0. The second kappa shape index (κ2) is 7.33. The first-order chi connectivity index (χ1) is 10.8. The maximum Gasteiger partial charge on any atom is 0.274 e. The SMILES string of the molecule is NS(=O)(=O)NCC1CCCN(C(=O)c2ccc(C(F)F)cc2)C1. The molecule has 1 heterocycles. The van der Waals surface area contributed by atoms with Gasteiger partial charge in [-0.1, -0.05) is 12.1 Å². The van der Waals surface area contributed by atoms with E-state index in [1.54, 1.807) is 4.90 Å². The summed E-state index contributed by atoms with van der Waals surface area (Å²) in [7, 11) is -3.75. The van der Waals surface area contributed by atoms with Crippen molar-refractivity contribution in [3.63, 3.8) is 0 Å². The molecule has 1 atom stereocenters. The monoisotopic (exact) mass is 347 g/mol. The number of nitrogens with two attached hydrogens (primary N) is 1. The molecular weight excluding hydrogens is 328 g/mol. The molecule has 1 aliphatic heterocycles. The molecule has 6 nitrogen and oxygen atoms in total. The summed E-state index contributed by atoms with van der Waals surface area (Å²) < 4.78 is 49.1. The Morgan fingerprint density at radius 3 is 2.57 bits per heavy atom. The van der Waals surface area contributed by atoms with Gasteiger partial charge in [-0.15, -0.1) is 0 Å². The Kier molecular flexibility index (Phi) is 5.66. The quantitative estimate of drug-likeness (QED) is 0.840. The number of hydrogen-bond acceptors (Lipinski definition) is 3. The van der Waals surface area contributed by atoms with Crippen molar-refractivity contribution in [2.75, 3.05) is 19.6 Å². The van der Waals surface area contributed by atoms with Crippen molar-refractivity contribution in [3.05, 3.63) is 35.4 Å². The molecule has 0 bridgehead atoms. The lowest BCUT2D eigenvalue weighted by molar-refractivity contribution is 0.0676. The van der Waals surface area contributed by atoms with Crippen LogP contribution >= 0.6 is 0 Å². The highest BCUT2D eigenvalue weighted by molar-refractivity contribution is 7.87. The van der Waals surface area contributed by atoms with Crippen LogP contribution < -0.4 is 9.86 Å². The van der Waals surface area contributed by atoms with Crippen LogP contribution in [0.3, 0.4) is 0 Å². The van der Waals surface area contributed by atoms with Crippen LogP contribution in [0.2, 0.25) is 0 Å². The minimum Gasteiger partial charge on any atom is -0.338 e. The maximum absolute atomic E-state index is 12.5. The summed E-state index contributed by atoms with van der Waals surface area (Å²) in [5.74, 6) is -0.266. The molecule has 1 aromatic carbocycles. The van der Waals surface area contributed by atoms with Crippen LogP contribution in [0.1, 0.15) is 35.2 Å². The third kappa shape index (κ3) is 5.22. The molecule has 1 aromatic rings. The van der Waals surface area contributed by atoms with E-state index >= 15 is 0 Å². The highest BCUT2D eigenvalue weighted by Gasteiger charge is 2.25. The Bertz CT molecular complexity index is 650. The Labute approximate surface area is 133 Å². The van der Waals surface area contributed by atoms with Crippen LogP contribution in [0.5, 0.6) is 0 Å². The topological polar surface area (TPSA) is 92.5 Å². The molecule has 3 N–H and O–H groups in total. The number of carbonyl (C=O) groups excluding carboxylic acids is 1. The molecule has 128 valence electrons. The second-order valence-corrected chi connectivity index (χ2v) is 6.95. The van der Waals surface area contributed by atoms with Crippen molar-refractivity contribution in [3.8, 4) is 0 Å². The standard InChI is InChI=1S/C14H19F2N3O3S/c15-13(16)11-3-5-12(6-4-11)14(20)19-7-1-2-10(9-19)8-18-23(17,21)22/h3-6,10,13,18H,1-2,7-9H2,(H2,17,21,22). The lowest BCUT2D eigenvalue weighted by Crippen LogP contribution is -2.44. The van der Waals surface area contributed by atoms with E-state index in [0.717, 1.165) is 12.8 Å². The van der Waals surface area contributed by atoms with Gasteiger partial charge in [0.15, 0.2) is 0 Å².